The first-order chi connectivity index (χ1) is 15.9. The number of nitrogens with one attached hydrogen (secondary N) is 1. The zero-order valence-electron chi connectivity index (χ0n) is 17.6. The first-order valence-electron chi connectivity index (χ1n) is 9.94. The van der Waals surface area contributed by atoms with Crippen LogP contribution in [-0.4, -0.2) is 17.4 Å². The smallest absolute Gasteiger partial charge is 0.292 e. The molecule has 0 atom stereocenters. The minimum Gasteiger partial charge on any atom is -0.490 e. The maximum atomic E-state index is 12.3. The number of anilines is 1. The highest BCUT2D eigenvalue weighted by Crippen LogP contribution is 2.38. The van der Waals surface area contributed by atoms with Gasteiger partial charge in [-0.25, -0.2) is 0 Å². The Morgan fingerprint density at radius 2 is 1.88 bits per heavy atom. The van der Waals surface area contributed by atoms with Crippen molar-refractivity contribution in [1.82, 2.24) is 0 Å². The predicted octanol–water partition coefficient (Wildman–Crippen LogP) is 6.64. The van der Waals surface area contributed by atoms with Gasteiger partial charge in [0.2, 0.25) is 5.91 Å². The van der Waals surface area contributed by atoms with Crippen LogP contribution in [0, 0.1) is 10.1 Å². The molecule has 0 fully saturated rings. The van der Waals surface area contributed by atoms with Gasteiger partial charge in [0, 0.05) is 22.7 Å². The normalized spacial score (nSPS) is 10.8. The fourth-order valence-corrected chi connectivity index (χ4v) is 3.70. The molecule has 0 spiro atoms. The van der Waals surface area contributed by atoms with Gasteiger partial charge in [0.25, 0.3) is 5.69 Å². The van der Waals surface area contributed by atoms with Gasteiger partial charge in [0.05, 0.1) is 16.0 Å². The number of nitro benzene ring substituents is 1. The van der Waals surface area contributed by atoms with Gasteiger partial charge in [0.15, 0.2) is 11.5 Å². The van der Waals surface area contributed by atoms with E-state index in [-0.39, 0.29) is 18.0 Å². The van der Waals surface area contributed by atoms with E-state index in [1.807, 2.05) is 25.1 Å². The summed E-state index contributed by atoms with van der Waals surface area (Å²) in [5.74, 6) is 0.508. The first-order valence-corrected chi connectivity index (χ1v) is 11.1. The van der Waals surface area contributed by atoms with E-state index < -0.39 is 10.8 Å². The standard InChI is InChI=1S/C24H20BrClN2O5/c1-2-32-22-14-16(11-12-23(29)27-20-9-5-6-10-21(20)28(30)31)13-18(25)24(22)33-15-17-7-3-4-8-19(17)26/h3-14H,2,15H2,1H3,(H,27,29)/b12-11+. The quantitative estimate of drug-likeness (QED) is 0.190. The molecule has 3 aromatic carbocycles. The van der Waals surface area contributed by atoms with E-state index in [0.717, 1.165) is 5.56 Å². The minimum atomic E-state index is -0.549. The van der Waals surface area contributed by atoms with E-state index >= 15 is 0 Å². The summed E-state index contributed by atoms with van der Waals surface area (Å²) in [7, 11) is 0. The number of halogens is 2. The second kappa shape index (κ2) is 11.5. The zero-order chi connectivity index (χ0) is 23.8. The fourth-order valence-electron chi connectivity index (χ4n) is 2.94. The van der Waals surface area contributed by atoms with Crippen molar-refractivity contribution >= 4 is 50.9 Å². The molecule has 0 heterocycles. The fraction of sp³-hybridized carbons (Fsp3) is 0.125. The molecule has 0 saturated heterocycles. The Labute approximate surface area is 204 Å². The first kappa shape index (κ1) is 24.3. The molecule has 0 aliphatic carbocycles. The number of carbonyl (C=O) groups is 1. The van der Waals surface area contributed by atoms with Gasteiger partial charge >= 0.3 is 0 Å². The highest BCUT2D eigenvalue weighted by atomic mass is 79.9. The summed E-state index contributed by atoms with van der Waals surface area (Å²) in [4.78, 5) is 22.9. The highest BCUT2D eigenvalue weighted by Gasteiger charge is 2.15. The predicted molar refractivity (Wildman–Crippen MR) is 132 cm³/mol. The molecule has 0 aliphatic rings. The molecule has 1 amide bonds. The summed E-state index contributed by atoms with van der Waals surface area (Å²) in [5, 5.41) is 14.2. The summed E-state index contributed by atoms with van der Waals surface area (Å²) >= 11 is 9.70. The third kappa shape index (κ3) is 6.57. The summed E-state index contributed by atoms with van der Waals surface area (Å²) in [5.41, 5.74) is 1.45. The van der Waals surface area contributed by atoms with Gasteiger partial charge in [-0.15, -0.1) is 0 Å². The third-order valence-electron chi connectivity index (χ3n) is 4.45. The summed E-state index contributed by atoms with van der Waals surface area (Å²) in [6.07, 6.45) is 2.87. The highest BCUT2D eigenvalue weighted by molar-refractivity contribution is 9.10. The van der Waals surface area contributed by atoms with Crippen LogP contribution in [0.3, 0.4) is 0 Å². The van der Waals surface area contributed by atoms with Crippen LogP contribution in [0.4, 0.5) is 11.4 Å². The third-order valence-corrected chi connectivity index (χ3v) is 5.41. The Bertz CT molecular complexity index is 1200. The molecule has 170 valence electrons. The molecular formula is C24H20BrClN2O5. The van der Waals surface area contributed by atoms with E-state index in [4.69, 9.17) is 21.1 Å². The lowest BCUT2D eigenvalue weighted by atomic mass is 10.1. The molecule has 0 aromatic heterocycles. The van der Waals surface area contributed by atoms with Crippen LogP contribution in [-0.2, 0) is 11.4 Å². The van der Waals surface area contributed by atoms with Crippen LogP contribution in [0.25, 0.3) is 6.08 Å². The van der Waals surface area contributed by atoms with Gasteiger partial charge in [-0.05, 0) is 58.8 Å². The number of hydrogen-bond donors (Lipinski definition) is 1. The minimum absolute atomic E-state index is 0.122. The van der Waals surface area contributed by atoms with Gasteiger partial charge in [0.1, 0.15) is 12.3 Å². The topological polar surface area (TPSA) is 90.7 Å². The van der Waals surface area contributed by atoms with Crippen LogP contribution in [0.1, 0.15) is 18.1 Å². The molecule has 3 rings (SSSR count). The summed E-state index contributed by atoms with van der Waals surface area (Å²) in [6, 6.07) is 16.9. The molecule has 7 nitrogen and oxygen atoms in total. The number of amides is 1. The second-order valence-corrected chi connectivity index (χ2v) is 8.00. The van der Waals surface area contributed by atoms with Crippen molar-refractivity contribution < 1.29 is 19.2 Å². The van der Waals surface area contributed by atoms with E-state index in [0.29, 0.717) is 33.2 Å². The largest absolute Gasteiger partial charge is 0.490 e. The van der Waals surface area contributed by atoms with Crippen LogP contribution in [0.15, 0.2) is 71.2 Å². The average molecular weight is 532 g/mol. The number of nitrogens with zero attached hydrogens (tertiary/aromatic N) is 1. The summed E-state index contributed by atoms with van der Waals surface area (Å²) in [6.45, 7) is 2.53. The lowest BCUT2D eigenvalue weighted by Crippen LogP contribution is -2.09. The van der Waals surface area contributed by atoms with Crippen molar-refractivity contribution in [3.05, 3.63) is 97.5 Å². The Morgan fingerprint density at radius 1 is 1.15 bits per heavy atom. The molecule has 0 radical (unpaired) electrons. The molecule has 9 heteroatoms. The average Bonchev–Trinajstić information content (AvgIpc) is 2.78. The molecule has 3 aromatic rings. The van der Waals surface area contributed by atoms with Crippen LogP contribution in [0.2, 0.25) is 5.02 Å². The Hall–Kier alpha value is -3.36. The molecule has 33 heavy (non-hydrogen) atoms. The van der Waals surface area contributed by atoms with E-state index in [1.54, 1.807) is 30.3 Å². The maximum absolute atomic E-state index is 12.3. The SMILES string of the molecule is CCOc1cc(/C=C/C(=O)Nc2ccccc2[N+](=O)[O-])cc(Br)c1OCc1ccccc1Cl. The van der Waals surface area contributed by atoms with Crippen molar-refractivity contribution in [3.8, 4) is 11.5 Å². The van der Waals surface area contributed by atoms with Crippen molar-refractivity contribution in [2.75, 3.05) is 11.9 Å². The Kier molecular flexibility index (Phi) is 8.46. The van der Waals surface area contributed by atoms with Crippen molar-refractivity contribution in [3.63, 3.8) is 0 Å². The molecule has 1 N–H and O–H groups in total. The number of nitro groups is 1. The lowest BCUT2D eigenvalue weighted by Gasteiger charge is -2.15. The number of ether oxygens (including phenoxy) is 2. The lowest BCUT2D eigenvalue weighted by molar-refractivity contribution is -0.383. The van der Waals surface area contributed by atoms with Gasteiger partial charge in [-0.3, -0.25) is 14.9 Å². The maximum Gasteiger partial charge on any atom is 0.292 e. The van der Waals surface area contributed by atoms with Gasteiger partial charge < -0.3 is 14.8 Å². The van der Waals surface area contributed by atoms with E-state index in [1.165, 1.54) is 24.3 Å². The molecule has 0 aliphatic heterocycles. The second-order valence-electron chi connectivity index (χ2n) is 6.74. The van der Waals surface area contributed by atoms with Crippen LogP contribution < -0.4 is 14.8 Å². The van der Waals surface area contributed by atoms with Crippen molar-refractivity contribution in [1.29, 1.82) is 0 Å². The summed E-state index contributed by atoms with van der Waals surface area (Å²) < 4.78 is 12.3. The molecular weight excluding hydrogens is 512 g/mol. The number of rotatable bonds is 9. The van der Waals surface area contributed by atoms with Gasteiger partial charge in [-0.2, -0.15) is 0 Å². The Balaban J connectivity index is 1.77. The number of benzene rings is 3. The molecule has 0 unspecified atom stereocenters. The monoisotopic (exact) mass is 530 g/mol. The van der Waals surface area contributed by atoms with Crippen molar-refractivity contribution in [2.24, 2.45) is 0 Å². The van der Waals surface area contributed by atoms with Crippen molar-refractivity contribution in [2.45, 2.75) is 13.5 Å². The number of hydrogen-bond acceptors (Lipinski definition) is 5. The Morgan fingerprint density at radius 3 is 2.61 bits per heavy atom. The zero-order valence-corrected chi connectivity index (χ0v) is 19.9. The van der Waals surface area contributed by atoms with Crippen LogP contribution >= 0.6 is 27.5 Å². The van der Waals surface area contributed by atoms with Gasteiger partial charge in [-0.1, -0.05) is 41.9 Å². The number of carbonyl (C=O) groups excluding carboxylic acids is 1. The van der Waals surface area contributed by atoms with E-state index in [9.17, 15) is 14.9 Å². The van der Waals surface area contributed by atoms with Crippen LogP contribution in [0.5, 0.6) is 11.5 Å². The van der Waals surface area contributed by atoms with E-state index in [2.05, 4.69) is 21.2 Å². The molecule has 0 bridgehead atoms. The number of para-hydroxylation sites is 2. The molecule has 0 saturated carbocycles.